The second-order valence-electron chi connectivity index (χ2n) is 1.81. The zero-order chi connectivity index (χ0) is 8.43. The van der Waals surface area contributed by atoms with Gasteiger partial charge in [-0.25, -0.2) is 18.2 Å². The molecule has 1 heterocycles. The van der Waals surface area contributed by atoms with Crippen LogP contribution in [-0.2, 0) is 0 Å². The number of rotatable bonds is 1. The lowest BCUT2D eigenvalue weighted by molar-refractivity contribution is 0.145. The van der Waals surface area contributed by atoms with Crippen LogP contribution in [0.5, 0.6) is 0 Å². The van der Waals surface area contributed by atoms with E-state index in [1.54, 1.807) is 22.6 Å². The molecule has 0 unspecified atom stereocenters. The first-order valence-electron chi connectivity index (χ1n) is 2.71. The van der Waals surface area contributed by atoms with Crippen LogP contribution in [0, 0.1) is 9.52 Å². The van der Waals surface area contributed by atoms with Gasteiger partial charge in [0.2, 0.25) is 0 Å². The van der Waals surface area contributed by atoms with Gasteiger partial charge in [-0.2, -0.15) is 0 Å². The fraction of sp³-hybridized carbons (Fsp3) is 0.167. The first-order valence-corrected chi connectivity index (χ1v) is 3.79. The van der Waals surface area contributed by atoms with Crippen LogP contribution in [0.4, 0.5) is 13.2 Å². The molecular formula is C6H3F3IN. The second-order valence-corrected chi connectivity index (χ2v) is 2.83. The SMILES string of the molecule is Fc1ccc(C(F)F)nc1I. The molecule has 0 radical (unpaired) electrons. The first kappa shape index (κ1) is 8.76. The number of aromatic nitrogens is 1. The molecule has 0 aromatic carbocycles. The van der Waals surface area contributed by atoms with Crippen LogP contribution in [0.2, 0.25) is 0 Å². The normalized spacial score (nSPS) is 10.6. The van der Waals surface area contributed by atoms with Crippen molar-refractivity contribution >= 4 is 22.6 Å². The van der Waals surface area contributed by atoms with Crippen molar-refractivity contribution in [3.05, 3.63) is 27.3 Å². The van der Waals surface area contributed by atoms with Crippen LogP contribution in [0.1, 0.15) is 12.1 Å². The fourth-order valence-corrected chi connectivity index (χ4v) is 1.01. The molecule has 1 aromatic heterocycles. The molecule has 0 atom stereocenters. The predicted octanol–water partition coefficient (Wildman–Crippen LogP) is 2.76. The smallest absolute Gasteiger partial charge is 0.238 e. The summed E-state index contributed by atoms with van der Waals surface area (Å²) >= 11 is 1.56. The number of hydrogen-bond acceptors (Lipinski definition) is 1. The standard InChI is InChI=1S/C6H3F3IN/c7-3-1-2-4(5(8)9)11-6(3)10/h1-2,5H. The van der Waals surface area contributed by atoms with Gasteiger partial charge in [-0.15, -0.1) is 0 Å². The van der Waals surface area contributed by atoms with Crippen LogP contribution < -0.4 is 0 Å². The summed E-state index contributed by atoms with van der Waals surface area (Å²) in [6.45, 7) is 0. The van der Waals surface area contributed by atoms with E-state index in [2.05, 4.69) is 4.98 Å². The molecule has 0 amide bonds. The molecule has 0 aliphatic heterocycles. The van der Waals surface area contributed by atoms with Crippen molar-refractivity contribution in [1.29, 1.82) is 0 Å². The minimum Gasteiger partial charge on any atom is -0.238 e. The third-order valence-electron chi connectivity index (χ3n) is 1.05. The minimum absolute atomic E-state index is 0.0274. The molecule has 0 fully saturated rings. The van der Waals surface area contributed by atoms with Crippen molar-refractivity contribution in [3.63, 3.8) is 0 Å². The first-order chi connectivity index (χ1) is 5.11. The van der Waals surface area contributed by atoms with E-state index in [1.807, 2.05) is 0 Å². The summed E-state index contributed by atoms with van der Waals surface area (Å²) in [5.41, 5.74) is -0.393. The third-order valence-corrected chi connectivity index (χ3v) is 1.80. The van der Waals surface area contributed by atoms with Crippen LogP contribution in [0.25, 0.3) is 0 Å². The molecule has 1 aromatic rings. The maximum atomic E-state index is 12.4. The van der Waals surface area contributed by atoms with Gasteiger partial charge in [0.1, 0.15) is 9.39 Å². The highest BCUT2D eigenvalue weighted by Gasteiger charge is 2.10. The van der Waals surface area contributed by atoms with Crippen molar-refractivity contribution in [1.82, 2.24) is 4.98 Å². The van der Waals surface area contributed by atoms with Crippen molar-refractivity contribution in [2.45, 2.75) is 6.43 Å². The van der Waals surface area contributed by atoms with Gasteiger partial charge in [0.25, 0.3) is 6.43 Å². The molecule has 11 heavy (non-hydrogen) atoms. The Labute approximate surface area is 74.8 Å². The zero-order valence-corrected chi connectivity index (χ0v) is 7.35. The van der Waals surface area contributed by atoms with E-state index in [0.29, 0.717) is 0 Å². The number of pyridine rings is 1. The lowest BCUT2D eigenvalue weighted by Crippen LogP contribution is -1.94. The van der Waals surface area contributed by atoms with Gasteiger partial charge in [-0.3, -0.25) is 0 Å². The molecule has 0 bridgehead atoms. The lowest BCUT2D eigenvalue weighted by Gasteiger charge is -1.98. The average molecular weight is 273 g/mol. The Morgan fingerprint density at radius 1 is 1.36 bits per heavy atom. The fourth-order valence-electron chi connectivity index (χ4n) is 0.553. The van der Waals surface area contributed by atoms with E-state index in [-0.39, 0.29) is 3.70 Å². The lowest BCUT2D eigenvalue weighted by atomic mass is 10.3. The predicted molar refractivity (Wildman–Crippen MR) is 41.9 cm³/mol. The topological polar surface area (TPSA) is 12.9 Å². The maximum Gasteiger partial charge on any atom is 0.280 e. The molecule has 0 N–H and O–H groups in total. The molecule has 0 aliphatic rings. The van der Waals surface area contributed by atoms with E-state index < -0.39 is 17.9 Å². The molecule has 1 nitrogen and oxygen atoms in total. The summed E-state index contributed by atoms with van der Waals surface area (Å²) in [6, 6.07) is 1.96. The Balaban J connectivity index is 3.05. The van der Waals surface area contributed by atoms with E-state index in [4.69, 9.17) is 0 Å². The Hall–Kier alpha value is -0.330. The summed E-state index contributed by atoms with van der Waals surface area (Å²) in [4.78, 5) is 3.33. The van der Waals surface area contributed by atoms with Gasteiger partial charge >= 0.3 is 0 Å². The largest absolute Gasteiger partial charge is 0.280 e. The quantitative estimate of drug-likeness (QED) is 0.566. The molecule has 0 aliphatic carbocycles. The van der Waals surface area contributed by atoms with E-state index in [1.165, 1.54) is 0 Å². The monoisotopic (exact) mass is 273 g/mol. The second kappa shape index (κ2) is 3.38. The van der Waals surface area contributed by atoms with Gasteiger partial charge < -0.3 is 0 Å². The minimum atomic E-state index is -2.64. The zero-order valence-electron chi connectivity index (χ0n) is 5.19. The van der Waals surface area contributed by atoms with Crippen LogP contribution >= 0.6 is 22.6 Å². The Morgan fingerprint density at radius 2 is 2.00 bits per heavy atom. The average Bonchev–Trinajstić information content (AvgIpc) is 1.94. The summed E-state index contributed by atoms with van der Waals surface area (Å²) in [5.74, 6) is -0.574. The van der Waals surface area contributed by atoms with Gasteiger partial charge in [0.05, 0.1) is 0 Å². The highest BCUT2D eigenvalue weighted by Crippen LogP contribution is 2.18. The summed E-state index contributed by atoms with van der Waals surface area (Å²) in [7, 11) is 0. The number of alkyl halides is 2. The highest BCUT2D eigenvalue weighted by atomic mass is 127. The molecule has 0 saturated heterocycles. The summed E-state index contributed by atoms with van der Waals surface area (Å²) in [6.07, 6.45) is -2.64. The Bertz CT molecular complexity index is 264. The number of nitrogens with zero attached hydrogens (tertiary/aromatic N) is 1. The van der Waals surface area contributed by atoms with Crippen molar-refractivity contribution in [2.24, 2.45) is 0 Å². The Kier molecular flexibility index (Phi) is 2.69. The molecular weight excluding hydrogens is 270 g/mol. The molecule has 0 saturated carbocycles. The molecule has 0 spiro atoms. The van der Waals surface area contributed by atoms with Gasteiger partial charge in [-0.05, 0) is 34.7 Å². The number of hydrogen-bond donors (Lipinski definition) is 0. The van der Waals surface area contributed by atoms with Crippen molar-refractivity contribution in [3.8, 4) is 0 Å². The number of halogens is 4. The Morgan fingerprint density at radius 3 is 2.45 bits per heavy atom. The van der Waals surface area contributed by atoms with Crippen LogP contribution in [-0.4, -0.2) is 4.98 Å². The highest BCUT2D eigenvalue weighted by molar-refractivity contribution is 14.1. The summed E-state index contributed by atoms with van der Waals surface area (Å²) < 4.78 is 36.2. The molecule has 60 valence electrons. The van der Waals surface area contributed by atoms with Crippen molar-refractivity contribution < 1.29 is 13.2 Å². The van der Waals surface area contributed by atoms with Crippen molar-refractivity contribution in [2.75, 3.05) is 0 Å². The maximum absolute atomic E-state index is 12.4. The van der Waals surface area contributed by atoms with E-state index >= 15 is 0 Å². The van der Waals surface area contributed by atoms with Crippen LogP contribution in [0.15, 0.2) is 12.1 Å². The van der Waals surface area contributed by atoms with Gasteiger partial charge in [0.15, 0.2) is 5.82 Å². The molecule has 1 rings (SSSR count). The van der Waals surface area contributed by atoms with Gasteiger partial charge in [-0.1, -0.05) is 0 Å². The van der Waals surface area contributed by atoms with Crippen LogP contribution in [0.3, 0.4) is 0 Å². The van der Waals surface area contributed by atoms with E-state index in [0.717, 1.165) is 12.1 Å². The summed E-state index contributed by atoms with van der Waals surface area (Å²) in [5, 5.41) is 0. The third kappa shape index (κ3) is 2.05. The molecule has 5 heteroatoms. The van der Waals surface area contributed by atoms with Gasteiger partial charge in [0, 0.05) is 0 Å². The van der Waals surface area contributed by atoms with E-state index in [9.17, 15) is 13.2 Å².